The third kappa shape index (κ3) is 4.42. The molecule has 1 N–H and O–H groups in total. The Hall–Kier alpha value is -2.82. The number of fused-ring (bicyclic) bond motifs is 1. The molecule has 2 aromatic carbocycles. The molecule has 1 aromatic heterocycles. The summed E-state index contributed by atoms with van der Waals surface area (Å²) in [5, 5.41) is 2.96. The van der Waals surface area contributed by atoms with E-state index in [4.69, 9.17) is 9.72 Å². The Balaban J connectivity index is 1.49. The Morgan fingerprint density at radius 2 is 1.85 bits per heavy atom. The van der Waals surface area contributed by atoms with Gasteiger partial charge in [0, 0.05) is 19.0 Å². The molecular weight excluding hydrogens is 326 g/mol. The van der Waals surface area contributed by atoms with Crippen LogP contribution in [0.1, 0.15) is 32.1 Å². The Morgan fingerprint density at radius 1 is 1.12 bits per heavy atom. The summed E-state index contributed by atoms with van der Waals surface area (Å²) in [4.78, 5) is 16.7. The van der Waals surface area contributed by atoms with Gasteiger partial charge in [-0.15, -0.1) is 0 Å². The van der Waals surface area contributed by atoms with Gasteiger partial charge in [0.15, 0.2) is 0 Å². The number of amides is 1. The SMILES string of the molecule is CC(C)n1c(CCNC(=O)CCOc2ccccc2)nc2ccccc21. The quantitative estimate of drug-likeness (QED) is 0.672. The number of hydrogen-bond donors (Lipinski definition) is 1. The number of para-hydroxylation sites is 3. The predicted octanol–water partition coefficient (Wildman–Crippen LogP) is 3.75. The van der Waals surface area contributed by atoms with Crippen LogP contribution in [-0.2, 0) is 11.2 Å². The van der Waals surface area contributed by atoms with E-state index < -0.39 is 0 Å². The average Bonchev–Trinajstić information content (AvgIpc) is 3.01. The molecule has 3 rings (SSSR count). The highest BCUT2D eigenvalue weighted by atomic mass is 16.5. The van der Waals surface area contributed by atoms with Gasteiger partial charge >= 0.3 is 0 Å². The molecule has 0 fully saturated rings. The first-order chi connectivity index (χ1) is 12.6. The molecule has 136 valence electrons. The molecule has 0 radical (unpaired) electrons. The van der Waals surface area contributed by atoms with E-state index >= 15 is 0 Å². The van der Waals surface area contributed by atoms with Crippen molar-refractivity contribution in [2.24, 2.45) is 0 Å². The van der Waals surface area contributed by atoms with Crippen molar-refractivity contribution < 1.29 is 9.53 Å². The van der Waals surface area contributed by atoms with Crippen LogP contribution >= 0.6 is 0 Å². The Labute approximate surface area is 154 Å². The number of carbonyl (C=O) groups is 1. The zero-order valence-electron chi connectivity index (χ0n) is 15.3. The maximum Gasteiger partial charge on any atom is 0.223 e. The number of benzene rings is 2. The van der Waals surface area contributed by atoms with E-state index in [0.29, 0.717) is 32.0 Å². The normalized spacial score (nSPS) is 11.0. The number of aromatic nitrogens is 2. The number of carbonyl (C=O) groups excluding carboxylic acids is 1. The van der Waals surface area contributed by atoms with Crippen molar-refractivity contribution in [1.82, 2.24) is 14.9 Å². The summed E-state index contributed by atoms with van der Waals surface area (Å²) in [5.74, 6) is 1.78. The molecule has 1 heterocycles. The van der Waals surface area contributed by atoms with Crippen LogP contribution in [0.3, 0.4) is 0 Å². The highest BCUT2D eigenvalue weighted by molar-refractivity contribution is 5.77. The first-order valence-electron chi connectivity index (χ1n) is 9.05. The van der Waals surface area contributed by atoms with E-state index in [1.165, 1.54) is 0 Å². The van der Waals surface area contributed by atoms with E-state index in [9.17, 15) is 4.79 Å². The van der Waals surface area contributed by atoms with Crippen LogP contribution in [0, 0.1) is 0 Å². The van der Waals surface area contributed by atoms with Gasteiger partial charge < -0.3 is 14.6 Å². The second-order valence-electron chi connectivity index (χ2n) is 6.49. The minimum atomic E-state index is -0.00635. The van der Waals surface area contributed by atoms with Gasteiger partial charge in [0.1, 0.15) is 11.6 Å². The third-order valence-electron chi connectivity index (χ3n) is 4.20. The van der Waals surface area contributed by atoms with Crippen LogP contribution < -0.4 is 10.1 Å². The van der Waals surface area contributed by atoms with Gasteiger partial charge in [0.05, 0.1) is 24.1 Å². The topological polar surface area (TPSA) is 56.2 Å². The van der Waals surface area contributed by atoms with Crippen LogP contribution in [0.2, 0.25) is 0 Å². The summed E-state index contributed by atoms with van der Waals surface area (Å²) in [5.41, 5.74) is 2.14. The number of ether oxygens (including phenoxy) is 1. The van der Waals surface area contributed by atoms with E-state index in [2.05, 4.69) is 29.8 Å². The molecule has 3 aromatic rings. The van der Waals surface area contributed by atoms with E-state index in [0.717, 1.165) is 22.6 Å². The molecule has 0 bridgehead atoms. The maximum absolute atomic E-state index is 12.0. The Kier molecular flexibility index (Phi) is 5.89. The first-order valence-corrected chi connectivity index (χ1v) is 9.05. The van der Waals surface area contributed by atoms with Gasteiger partial charge in [-0.1, -0.05) is 30.3 Å². The molecule has 0 aliphatic rings. The largest absolute Gasteiger partial charge is 0.493 e. The van der Waals surface area contributed by atoms with Gasteiger partial charge in [-0.25, -0.2) is 4.98 Å². The lowest BCUT2D eigenvalue weighted by Gasteiger charge is -2.13. The number of nitrogens with zero attached hydrogens (tertiary/aromatic N) is 2. The fraction of sp³-hybridized carbons (Fsp3) is 0.333. The van der Waals surface area contributed by atoms with Gasteiger partial charge in [0.2, 0.25) is 5.91 Å². The summed E-state index contributed by atoms with van der Waals surface area (Å²) in [6.45, 7) is 5.24. The van der Waals surface area contributed by atoms with Crippen LogP contribution in [0.4, 0.5) is 0 Å². The van der Waals surface area contributed by atoms with Crippen LogP contribution in [0.5, 0.6) is 5.75 Å². The molecule has 1 amide bonds. The second kappa shape index (κ2) is 8.52. The molecule has 0 aliphatic carbocycles. The Bertz CT molecular complexity index is 856. The van der Waals surface area contributed by atoms with Crippen molar-refractivity contribution in [3.63, 3.8) is 0 Å². The van der Waals surface area contributed by atoms with Crippen molar-refractivity contribution in [2.75, 3.05) is 13.2 Å². The van der Waals surface area contributed by atoms with Crippen molar-refractivity contribution in [3.05, 3.63) is 60.4 Å². The molecule has 5 nitrogen and oxygen atoms in total. The summed E-state index contributed by atoms with van der Waals surface area (Å²) in [6.07, 6.45) is 1.05. The van der Waals surface area contributed by atoms with E-state index in [1.807, 2.05) is 48.5 Å². The standard InChI is InChI=1S/C21H25N3O2/c1-16(2)24-19-11-7-6-10-18(19)23-20(24)12-14-22-21(25)13-15-26-17-8-4-3-5-9-17/h3-11,16H,12-15H2,1-2H3,(H,22,25). The molecular formula is C21H25N3O2. The lowest BCUT2D eigenvalue weighted by molar-refractivity contribution is -0.121. The lowest BCUT2D eigenvalue weighted by Crippen LogP contribution is -2.27. The van der Waals surface area contributed by atoms with Gasteiger partial charge in [-0.2, -0.15) is 0 Å². The molecule has 0 saturated carbocycles. The minimum absolute atomic E-state index is 0.00635. The van der Waals surface area contributed by atoms with Gasteiger partial charge in [-0.3, -0.25) is 4.79 Å². The lowest BCUT2D eigenvalue weighted by atomic mass is 10.3. The first kappa shape index (κ1) is 18.0. The van der Waals surface area contributed by atoms with Crippen molar-refractivity contribution in [3.8, 4) is 5.75 Å². The third-order valence-corrected chi connectivity index (χ3v) is 4.20. The summed E-state index contributed by atoms with van der Waals surface area (Å²) in [7, 11) is 0. The minimum Gasteiger partial charge on any atom is -0.493 e. The van der Waals surface area contributed by atoms with Crippen LogP contribution in [0.15, 0.2) is 54.6 Å². The molecule has 5 heteroatoms. The smallest absolute Gasteiger partial charge is 0.223 e. The van der Waals surface area contributed by atoms with Crippen molar-refractivity contribution >= 4 is 16.9 Å². The maximum atomic E-state index is 12.0. The second-order valence-corrected chi connectivity index (χ2v) is 6.49. The molecule has 0 spiro atoms. The number of rotatable bonds is 8. The van der Waals surface area contributed by atoms with Crippen LogP contribution in [0.25, 0.3) is 11.0 Å². The van der Waals surface area contributed by atoms with Gasteiger partial charge in [-0.05, 0) is 38.1 Å². The van der Waals surface area contributed by atoms with E-state index in [1.54, 1.807) is 0 Å². The number of hydrogen-bond acceptors (Lipinski definition) is 3. The van der Waals surface area contributed by atoms with E-state index in [-0.39, 0.29) is 5.91 Å². The number of imidazole rings is 1. The highest BCUT2D eigenvalue weighted by Gasteiger charge is 2.13. The van der Waals surface area contributed by atoms with Crippen molar-refractivity contribution in [2.45, 2.75) is 32.7 Å². The summed E-state index contributed by atoms with van der Waals surface area (Å²) >= 11 is 0. The number of nitrogens with one attached hydrogen (secondary N) is 1. The molecule has 0 saturated heterocycles. The fourth-order valence-electron chi connectivity index (χ4n) is 3.03. The molecule has 0 unspecified atom stereocenters. The molecule has 26 heavy (non-hydrogen) atoms. The predicted molar refractivity (Wildman–Crippen MR) is 103 cm³/mol. The van der Waals surface area contributed by atoms with Crippen LogP contribution in [-0.4, -0.2) is 28.6 Å². The zero-order chi connectivity index (χ0) is 18.4. The van der Waals surface area contributed by atoms with Crippen molar-refractivity contribution in [1.29, 1.82) is 0 Å². The highest BCUT2D eigenvalue weighted by Crippen LogP contribution is 2.21. The molecule has 0 aliphatic heterocycles. The molecule has 0 atom stereocenters. The summed E-state index contributed by atoms with van der Waals surface area (Å²) < 4.78 is 7.79. The monoisotopic (exact) mass is 351 g/mol. The zero-order valence-corrected chi connectivity index (χ0v) is 15.3. The summed E-state index contributed by atoms with van der Waals surface area (Å²) in [6, 6.07) is 18.0. The Morgan fingerprint density at radius 3 is 2.62 bits per heavy atom. The van der Waals surface area contributed by atoms with Gasteiger partial charge in [0.25, 0.3) is 0 Å². The average molecular weight is 351 g/mol. The fourth-order valence-corrected chi connectivity index (χ4v) is 3.03.